The molecular weight excluding hydrogens is 396 g/mol. The van der Waals surface area contributed by atoms with E-state index >= 15 is 0 Å². The van der Waals surface area contributed by atoms with Crippen molar-refractivity contribution < 1.29 is 20.1 Å². The van der Waals surface area contributed by atoms with Crippen LogP contribution in [0.2, 0.25) is 0 Å². The molecule has 1 aliphatic carbocycles. The number of aliphatic carboxylic acids is 1. The first-order chi connectivity index (χ1) is 12.3. The topological polar surface area (TPSA) is 77.8 Å². The standard InChI is InChI=1S/C21H35BrO4/c1-3-4-9-13-21(2,26)14-12-17-16(18(22)15-19(17)23)10-7-5-6-8-11-20(24)25/h5,7,12,14,16-19,23,26H,3-4,6,8-11,13,15H2,1-2H3,(H,24,25)/t16-,17-,18-,19-,21?/m1/s1. The molecule has 5 atom stereocenters. The largest absolute Gasteiger partial charge is 0.481 e. The Morgan fingerprint density at radius 3 is 2.65 bits per heavy atom. The van der Waals surface area contributed by atoms with E-state index in [-0.39, 0.29) is 23.1 Å². The van der Waals surface area contributed by atoms with Crippen molar-refractivity contribution in [1.82, 2.24) is 0 Å². The summed E-state index contributed by atoms with van der Waals surface area (Å²) in [6.07, 6.45) is 14.8. The zero-order valence-corrected chi connectivity index (χ0v) is 17.7. The number of aliphatic hydroxyl groups excluding tert-OH is 1. The maximum atomic E-state index is 10.5. The molecule has 0 aromatic rings. The van der Waals surface area contributed by atoms with E-state index in [1.165, 1.54) is 0 Å². The third-order valence-electron chi connectivity index (χ3n) is 5.17. The van der Waals surface area contributed by atoms with Crippen molar-refractivity contribution >= 4 is 21.9 Å². The fraction of sp³-hybridized carbons (Fsp3) is 0.762. The average Bonchev–Trinajstić information content (AvgIpc) is 2.82. The van der Waals surface area contributed by atoms with Crippen LogP contribution in [0.15, 0.2) is 24.3 Å². The number of hydrogen-bond acceptors (Lipinski definition) is 3. The summed E-state index contributed by atoms with van der Waals surface area (Å²) < 4.78 is 0. The van der Waals surface area contributed by atoms with Crippen LogP contribution in [0.5, 0.6) is 0 Å². The average molecular weight is 431 g/mol. The van der Waals surface area contributed by atoms with Crippen molar-refractivity contribution in [2.24, 2.45) is 11.8 Å². The zero-order valence-electron chi connectivity index (χ0n) is 16.1. The Hall–Kier alpha value is -0.650. The van der Waals surface area contributed by atoms with Gasteiger partial charge in [-0.1, -0.05) is 66.4 Å². The Morgan fingerprint density at radius 1 is 1.27 bits per heavy atom. The van der Waals surface area contributed by atoms with Gasteiger partial charge in [0, 0.05) is 17.2 Å². The molecule has 0 bridgehead atoms. The van der Waals surface area contributed by atoms with Crippen molar-refractivity contribution in [3.8, 4) is 0 Å². The smallest absolute Gasteiger partial charge is 0.303 e. The minimum atomic E-state index is -0.823. The van der Waals surface area contributed by atoms with E-state index in [4.69, 9.17) is 5.11 Å². The number of hydrogen-bond donors (Lipinski definition) is 3. The Morgan fingerprint density at radius 2 is 2.00 bits per heavy atom. The summed E-state index contributed by atoms with van der Waals surface area (Å²) in [5.74, 6) is -0.446. The van der Waals surface area contributed by atoms with Gasteiger partial charge in [-0.25, -0.2) is 0 Å². The molecule has 0 spiro atoms. The lowest BCUT2D eigenvalue weighted by atomic mass is 9.88. The number of carbonyl (C=O) groups is 1. The highest BCUT2D eigenvalue weighted by molar-refractivity contribution is 9.09. The number of rotatable bonds is 12. The van der Waals surface area contributed by atoms with Crippen molar-refractivity contribution in [2.45, 2.75) is 88.2 Å². The predicted octanol–water partition coefficient (Wildman–Crippen LogP) is 4.84. The van der Waals surface area contributed by atoms with E-state index in [1.54, 1.807) is 0 Å². The number of unbranched alkanes of at least 4 members (excludes halogenated alkanes) is 3. The fourth-order valence-electron chi connectivity index (χ4n) is 3.54. The van der Waals surface area contributed by atoms with Gasteiger partial charge in [-0.15, -0.1) is 0 Å². The van der Waals surface area contributed by atoms with Crippen molar-refractivity contribution in [2.75, 3.05) is 0 Å². The molecule has 5 heteroatoms. The summed E-state index contributed by atoms with van der Waals surface area (Å²) in [4.78, 5) is 10.8. The Balaban J connectivity index is 2.56. The summed E-state index contributed by atoms with van der Waals surface area (Å²) in [5.41, 5.74) is -0.823. The minimum absolute atomic E-state index is 0.0284. The number of aliphatic hydroxyl groups is 2. The molecule has 0 saturated heterocycles. The van der Waals surface area contributed by atoms with Crippen LogP contribution in [-0.2, 0) is 4.79 Å². The van der Waals surface area contributed by atoms with Gasteiger partial charge in [0.05, 0.1) is 11.7 Å². The molecule has 0 radical (unpaired) electrons. The number of allylic oxidation sites excluding steroid dienone is 2. The number of alkyl halides is 1. The van der Waals surface area contributed by atoms with E-state index in [0.717, 1.165) is 38.5 Å². The van der Waals surface area contributed by atoms with Crippen molar-refractivity contribution in [3.63, 3.8) is 0 Å². The van der Waals surface area contributed by atoms with Gasteiger partial charge < -0.3 is 15.3 Å². The maximum absolute atomic E-state index is 10.5. The highest BCUT2D eigenvalue weighted by atomic mass is 79.9. The molecule has 26 heavy (non-hydrogen) atoms. The summed E-state index contributed by atoms with van der Waals surface area (Å²) >= 11 is 3.69. The highest BCUT2D eigenvalue weighted by Crippen LogP contribution is 2.40. The van der Waals surface area contributed by atoms with Crippen LogP contribution in [-0.4, -0.2) is 37.8 Å². The van der Waals surface area contributed by atoms with Crippen LogP contribution in [0.25, 0.3) is 0 Å². The van der Waals surface area contributed by atoms with E-state index in [2.05, 4.69) is 28.9 Å². The van der Waals surface area contributed by atoms with Crippen molar-refractivity contribution in [1.29, 1.82) is 0 Å². The van der Waals surface area contributed by atoms with E-state index in [9.17, 15) is 15.0 Å². The van der Waals surface area contributed by atoms with Gasteiger partial charge in [-0.05, 0) is 44.9 Å². The lowest BCUT2D eigenvalue weighted by Crippen LogP contribution is -2.23. The van der Waals surface area contributed by atoms with Crippen LogP contribution in [0.1, 0.15) is 71.6 Å². The molecule has 4 nitrogen and oxygen atoms in total. The van der Waals surface area contributed by atoms with Gasteiger partial charge in [0.1, 0.15) is 0 Å². The molecule has 1 saturated carbocycles. The third-order valence-corrected chi connectivity index (χ3v) is 6.22. The molecule has 1 aliphatic rings. The predicted molar refractivity (Wildman–Crippen MR) is 109 cm³/mol. The summed E-state index contributed by atoms with van der Waals surface area (Å²) in [7, 11) is 0. The second-order valence-corrected chi connectivity index (χ2v) is 8.90. The van der Waals surface area contributed by atoms with E-state index in [0.29, 0.717) is 12.8 Å². The van der Waals surface area contributed by atoms with Crippen LogP contribution in [0, 0.1) is 11.8 Å². The Labute approximate surface area is 166 Å². The zero-order chi connectivity index (χ0) is 19.6. The normalized spacial score (nSPS) is 28.8. The Kier molecular flexibility index (Phi) is 10.7. The van der Waals surface area contributed by atoms with E-state index in [1.807, 2.05) is 25.2 Å². The fourth-order valence-corrected chi connectivity index (χ4v) is 4.49. The number of halogens is 1. The number of carboxylic acids is 1. The Bertz CT molecular complexity index is 473. The SMILES string of the molecule is CCCCCC(C)(O)C=C[C@@H]1[C@@H](CC=CCCCC(=O)O)[C@H](Br)C[C@H]1O. The molecule has 1 fully saturated rings. The van der Waals surface area contributed by atoms with Crippen LogP contribution >= 0.6 is 15.9 Å². The molecule has 0 aromatic heterocycles. The van der Waals surface area contributed by atoms with Gasteiger partial charge in [0.25, 0.3) is 0 Å². The van der Waals surface area contributed by atoms with Crippen molar-refractivity contribution in [3.05, 3.63) is 24.3 Å². The summed E-state index contributed by atoms with van der Waals surface area (Å²) in [6, 6.07) is 0. The van der Waals surface area contributed by atoms with Crippen LogP contribution < -0.4 is 0 Å². The van der Waals surface area contributed by atoms with Crippen LogP contribution in [0.4, 0.5) is 0 Å². The first-order valence-electron chi connectivity index (χ1n) is 9.87. The molecule has 1 rings (SSSR count). The molecular formula is C21H35BrO4. The molecule has 0 amide bonds. The number of carboxylic acid groups (broad SMARTS) is 1. The summed E-state index contributed by atoms with van der Waals surface area (Å²) in [5, 5.41) is 29.6. The molecule has 1 unspecified atom stereocenters. The summed E-state index contributed by atoms with van der Waals surface area (Å²) in [6.45, 7) is 3.98. The highest BCUT2D eigenvalue weighted by Gasteiger charge is 2.39. The minimum Gasteiger partial charge on any atom is -0.481 e. The van der Waals surface area contributed by atoms with Gasteiger partial charge in [-0.3, -0.25) is 4.79 Å². The quantitative estimate of drug-likeness (QED) is 0.235. The third kappa shape index (κ3) is 8.83. The van der Waals surface area contributed by atoms with E-state index < -0.39 is 17.7 Å². The molecule has 0 aliphatic heterocycles. The van der Waals surface area contributed by atoms with Gasteiger partial charge >= 0.3 is 5.97 Å². The molecule has 0 heterocycles. The molecule has 0 aromatic carbocycles. The monoisotopic (exact) mass is 430 g/mol. The molecule has 3 N–H and O–H groups in total. The second-order valence-electron chi connectivity index (χ2n) is 7.73. The lowest BCUT2D eigenvalue weighted by Gasteiger charge is -2.23. The van der Waals surface area contributed by atoms with Gasteiger partial charge in [0.15, 0.2) is 0 Å². The van der Waals surface area contributed by atoms with Gasteiger partial charge in [-0.2, -0.15) is 0 Å². The van der Waals surface area contributed by atoms with Crippen LogP contribution in [0.3, 0.4) is 0 Å². The first kappa shape index (κ1) is 23.4. The molecule has 150 valence electrons. The second kappa shape index (κ2) is 11.9. The lowest BCUT2D eigenvalue weighted by molar-refractivity contribution is -0.137. The first-order valence-corrected chi connectivity index (χ1v) is 10.8. The van der Waals surface area contributed by atoms with Gasteiger partial charge in [0.2, 0.25) is 0 Å². The maximum Gasteiger partial charge on any atom is 0.303 e.